The predicted molar refractivity (Wildman–Crippen MR) is 74.0 cm³/mol. The second-order valence-corrected chi connectivity index (χ2v) is 5.56. The molecular weight excluding hydrogens is 210 g/mol. The van der Waals surface area contributed by atoms with Crippen LogP contribution in [0.3, 0.4) is 0 Å². The van der Waals surface area contributed by atoms with Gasteiger partial charge in [0.15, 0.2) is 0 Å². The fourth-order valence-corrected chi connectivity index (χ4v) is 2.49. The minimum Gasteiger partial charge on any atom is -0.383 e. The van der Waals surface area contributed by atoms with Crippen LogP contribution in [0.15, 0.2) is 11.8 Å². The molecular formula is C15H29NO. The van der Waals surface area contributed by atoms with Gasteiger partial charge in [0.05, 0.1) is 12.6 Å². The molecule has 0 aliphatic carbocycles. The van der Waals surface area contributed by atoms with Crippen molar-refractivity contribution in [1.29, 1.82) is 0 Å². The highest BCUT2D eigenvalue weighted by Crippen LogP contribution is 2.26. The van der Waals surface area contributed by atoms with Crippen molar-refractivity contribution in [2.45, 2.75) is 53.0 Å². The molecule has 1 aliphatic rings. The summed E-state index contributed by atoms with van der Waals surface area (Å²) < 4.78 is 5.33. The Morgan fingerprint density at radius 1 is 1.41 bits per heavy atom. The molecule has 2 atom stereocenters. The van der Waals surface area contributed by atoms with Crippen molar-refractivity contribution in [3.8, 4) is 0 Å². The van der Waals surface area contributed by atoms with Gasteiger partial charge in [-0.15, -0.1) is 0 Å². The zero-order chi connectivity index (χ0) is 12.8. The fraction of sp³-hybridized carbons (Fsp3) is 0.867. The number of rotatable bonds is 6. The van der Waals surface area contributed by atoms with Gasteiger partial charge in [0.25, 0.3) is 0 Å². The van der Waals surface area contributed by atoms with Crippen molar-refractivity contribution in [2.75, 3.05) is 20.3 Å². The van der Waals surface area contributed by atoms with Crippen molar-refractivity contribution in [1.82, 2.24) is 4.90 Å². The number of hydrogen-bond donors (Lipinski definition) is 0. The Hall–Kier alpha value is -0.500. The molecule has 0 spiro atoms. The maximum absolute atomic E-state index is 5.33. The van der Waals surface area contributed by atoms with Crippen LogP contribution in [0.25, 0.3) is 0 Å². The van der Waals surface area contributed by atoms with Gasteiger partial charge in [0, 0.05) is 19.4 Å². The summed E-state index contributed by atoms with van der Waals surface area (Å²) in [5.74, 6) is 1.38. The van der Waals surface area contributed by atoms with E-state index in [0.717, 1.165) is 18.9 Å². The Kier molecular flexibility index (Phi) is 6.04. The zero-order valence-electron chi connectivity index (χ0n) is 12.2. The minimum absolute atomic E-state index is 0.602. The molecule has 0 unspecified atom stereocenters. The second kappa shape index (κ2) is 7.05. The van der Waals surface area contributed by atoms with Crippen LogP contribution in [0, 0.1) is 11.8 Å². The van der Waals surface area contributed by atoms with E-state index in [4.69, 9.17) is 4.74 Å². The summed E-state index contributed by atoms with van der Waals surface area (Å²) in [5.41, 5.74) is 1.52. The molecule has 2 nitrogen and oxygen atoms in total. The summed E-state index contributed by atoms with van der Waals surface area (Å²) in [7, 11) is 1.81. The third-order valence-electron chi connectivity index (χ3n) is 3.97. The molecule has 0 aromatic heterocycles. The van der Waals surface area contributed by atoms with Crippen molar-refractivity contribution in [3.63, 3.8) is 0 Å². The van der Waals surface area contributed by atoms with Gasteiger partial charge in [-0.2, -0.15) is 0 Å². The minimum atomic E-state index is 0.602. The topological polar surface area (TPSA) is 12.5 Å². The third-order valence-corrected chi connectivity index (χ3v) is 3.97. The van der Waals surface area contributed by atoms with Gasteiger partial charge in [-0.3, -0.25) is 0 Å². The summed E-state index contributed by atoms with van der Waals surface area (Å²) in [4.78, 5) is 2.57. The molecule has 1 fully saturated rings. The molecule has 0 aromatic rings. The Bertz CT molecular complexity index is 247. The van der Waals surface area contributed by atoms with E-state index in [1.54, 1.807) is 0 Å². The lowest BCUT2D eigenvalue weighted by Crippen LogP contribution is -2.32. The van der Waals surface area contributed by atoms with Crippen LogP contribution in [0.1, 0.15) is 47.0 Å². The van der Waals surface area contributed by atoms with E-state index in [-0.39, 0.29) is 0 Å². The molecule has 0 bridgehead atoms. The number of hydrogen-bond acceptors (Lipinski definition) is 2. The van der Waals surface area contributed by atoms with Gasteiger partial charge in [0.2, 0.25) is 0 Å². The molecule has 0 N–H and O–H groups in total. The first kappa shape index (κ1) is 14.6. The van der Waals surface area contributed by atoms with Crippen LogP contribution < -0.4 is 0 Å². The monoisotopic (exact) mass is 239 g/mol. The molecule has 0 amide bonds. The maximum Gasteiger partial charge on any atom is 0.0666 e. The summed E-state index contributed by atoms with van der Waals surface area (Å²) in [6, 6.07) is 0.602. The van der Waals surface area contributed by atoms with E-state index in [1.807, 2.05) is 7.11 Å². The lowest BCUT2D eigenvalue weighted by molar-refractivity contribution is 0.130. The predicted octanol–water partition coefficient (Wildman–Crippen LogP) is 3.68. The van der Waals surface area contributed by atoms with Crippen LogP contribution >= 0.6 is 0 Å². The lowest BCUT2D eigenvalue weighted by atomic mass is 9.96. The zero-order valence-corrected chi connectivity index (χ0v) is 12.2. The molecule has 1 rings (SSSR count). The summed E-state index contributed by atoms with van der Waals surface area (Å²) in [6.45, 7) is 11.3. The molecule has 17 heavy (non-hydrogen) atoms. The molecule has 0 saturated carbocycles. The van der Waals surface area contributed by atoms with Crippen molar-refractivity contribution in [2.24, 2.45) is 11.8 Å². The van der Waals surface area contributed by atoms with E-state index in [0.29, 0.717) is 12.0 Å². The van der Waals surface area contributed by atoms with Crippen LogP contribution in [-0.2, 0) is 4.74 Å². The average molecular weight is 239 g/mol. The Morgan fingerprint density at radius 3 is 2.65 bits per heavy atom. The standard InChI is InChI=1S/C15H29NO/c1-6-14(10-13(4)12(2)3)16-9-7-8-15(16)11-17-5/h10,12-13,15H,6-9,11H2,1-5H3/b14-10-/t13-,15-/m0/s1. The molecule has 1 saturated heterocycles. The van der Waals surface area contributed by atoms with Crippen molar-refractivity contribution < 1.29 is 4.74 Å². The third kappa shape index (κ3) is 4.02. The average Bonchev–Trinajstić information content (AvgIpc) is 2.74. The number of methoxy groups -OCH3 is 1. The van der Waals surface area contributed by atoms with Gasteiger partial charge in [-0.05, 0) is 31.1 Å². The van der Waals surface area contributed by atoms with Gasteiger partial charge >= 0.3 is 0 Å². The first-order chi connectivity index (χ1) is 8.10. The molecule has 100 valence electrons. The van der Waals surface area contributed by atoms with E-state index in [9.17, 15) is 0 Å². The van der Waals surface area contributed by atoms with Gasteiger partial charge in [0.1, 0.15) is 0 Å². The maximum atomic E-state index is 5.33. The highest BCUT2D eigenvalue weighted by Gasteiger charge is 2.25. The van der Waals surface area contributed by atoms with E-state index >= 15 is 0 Å². The Morgan fingerprint density at radius 2 is 2.12 bits per heavy atom. The Labute approximate surface area is 107 Å². The fourth-order valence-electron chi connectivity index (χ4n) is 2.49. The summed E-state index contributed by atoms with van der Waals surface area (Å²) >= 11 is 0. The molecule has 1 aliphatic heterocycles. The van der Waals surface area contributed by atoms with E-state index < -0.39 is 0 Å². The summed E-state index contributed by atoms with van der Waals surface area (Å²) in [5, 5.41) is 0. The quantitative estimate of drug-likeness (QED) is 0.701. The SMILES string of the molecule is CC/C(=C/[C@H](C)C(C)C)N1CCC[C@H]1COC. The first-order valence-electron chi connectivity index (χ1n) is 7.06. The van der Waals surface area contributed by atoms with Gasteiger partial charge in [-0.25, -0.2) is 0 Å². The number of nitrogens with zero attached hydrogens (tertiary/aromatic N) is 1. The largest absolute Gasteiger partial charge is 0.383 e. The Balaban J connectivity index is 2.72. The first-order valence-corrected chi connectivity index (χ1v) is 7.06. The van der Waals surface area contributed by atoms with E-state index in [2.05, 4.69) is 38.7 Å². The molecule has 0 aromatic carbocycles. The highest BCUT2D eigenvalue weighted by molar-refractivity contribution is 5.07. The number of allylic oxidation sites excluding steroid dienone is 2. The van der Waals surface area contributed by atoms with Crippen LogP contribution in [0.5, 0.6) is 0 Å². The summed E-state index contributed by atoms with van der Waals surface area (Å²) in [6.07, 6.45) is 6.19. The molecule has 1 heterocycles. The normalized spacial score (nSPS) is 23.5. The second-order valence-electron chi connectivity index (χ2n) is 5.56. The van der Waals surface area contributed by atoms with Gasteiger partial charge < -0.3 is 9.64 Å². The number of likely N-dealkylation sites (tertiary alicyclic amines) is 1. The van der Waals surface area contributed by atoms with Crippen LogP contribution in [0.4, 0.5) is 0 Å². The van der Waals surface area contributed by atoms with Gasteiger partial charge in [-0.1, -0.05) is 33.8 Å². The van der Waals surface area contributed by atoms with Crippen molar-refractivity contribution in [3.05, 3.63) is 11.8 Å². The van der Waals surface area contributed by atoms with Crippen molar-refractivity contribution >= 4 is 0 Å². The molecule has 0 radical (unpaired) electrons. The smallest absolute Gasteiger partial charge is 0.0666 e. The van der Waals surface area contributed by atoms with E-state index in [1.165, 1.54) is 25.1 Å². The number of ether oxygens (including phenoxy) is 1. The van der Waals surface area contributed by atoms with Crippen LogP contribution in [0.2, 0.25) is 0 Å². The molecule has 2 heteroatoms. The highest BCUT2D eigenvalue weighted by atomic mass is 16.5. The van der Waals surface area contributed by atoms with Crippen LogP contribution in [-0.4, -0.2) is 31.2 Å². The lowest BCUT2D eigenvalue weighted by Gasteiger charge is -2.29.